The van der Waals surface area contributed by atoms with Crippen LogP contribution in [0.3, 0.4) is 0 Å². The number of hydrogen-bond acceptors (Lipinski definition) is 4. The number of hydrogen-bond donors (Lipinski definition) is 0. The molecule has 0 atom stereocenters. The Morgan fingerprint density at radius 3 is 2.45 bits per heavy atom. The quantitative estimate of drug-likeness (QED) is 0.699. The minimum atomic E-state index is -0.209. The standard InChI is InChI=1S/C24H26N2O3/c1-3-15-26-23(27)21(18-11-13-19(14-12-18)29-4-2)22(24(26)28)25-16-7-9-17-8-5-6-10-20(17)25/h5-6,8,10-14H,3-4,7,9,15-16H2,1-2H3. The van der Waals surface area contributed by atoms with E-state index in [2.05, 4.69) is 6.07 Å². The van der Waals surface area contributed by atoms with Gasteiger partial charge in [0.15, 0.2) is 0 Å². The number of aryl methyl sites for hydroxylation is 1. The normalized spacial score (nSPS) is 16.5. The summed E-state index contributed by atoms with van der Waals surface area (Å²) in [4.78, 5) is 30.0. The van der Waals surface area contributed by atoms with Gasteiger partial charge in [0.2, 0.25) is 0 Å². The molecule has 0 fully saturated rings. The van der Waals surface area contributed by atoms with Crippen LogP contribution in [0.2, 0.25) is 0 Å². The zero-order valence-electron chi connectivity index (χ0n) is 17.0. The minimum Gasteiger partial charge on any atom is -0.494 e. The van der Waals surface area contributed by atoms with Crippen LogP contribution in [0.4, 0.5) is 5.69 Å². The number of nitrogens with zero attached hydrogens (tertiary/aromatic N) is 2. The molecule has 0 N–H and O–H groups in total. The molecule has 0 spiro atoms. The molecule has 0 unspecified atom stereocenters. The Bertz CT molecular complexity index is 962. The summed E-state index contributed by atoms with van der Waals surface area (Å²) in [6, 6.07) is 15.6. The van der Waals surface area contributed by atoms with E-state index in [1.165, 1.54) is 10.5 Å². The molecular formula is C24H26N2O3. The lowest BCUT2D eigenvalue weighted by Crippen LogP contribution is -2.37. The molecule has 29 heavy (non-hydrogen) atoms. The number of rotatable bonds is 6. The van der Waals surface area contributed by atoms with Crippen molar-refractivity contribution in [2.75, 3.05) is 24.6 Å². The molecule has 2 aromatic carbocycles. The Morgan fingerprint density at radius 2 is 1.72 bits per heavy atom. The number of para-hydroxylation sites is 1. The number of benzene rings is 2. The predicted octanol–water partition coefficient (Wildman–Crippen LogP) is 4.03. The van der Waals surface area contributed by atoms with Crippen LogP contribution in [0, 0.1) is 0 Å². The van der Waals surface area contributed by atoms with Gasteiger partial charge in [0, 0.05) is 18.8 Å². The molecule has 0 aliphatic carbocycles. The number of anilines is 1. The zero-order valence-corrected chi connectivity index (χ0v) is 17.0. The van der Waals surface area contributed by atoms with Gasteiger partial charge >= 0.3 is 0 Å². The summed E-state index contributed by atoms with van der Waals surface area (Å²) < 4.78 is 5.53. The van der Waals surface area contributed by atoms with Crippen molar-refractivity contribution >= 4 is 23.1 Å². The van der Waals surface area contributed by atoms with Crippen molar-refractivity contribution in [3.05, 3.63) is 65.4 Å². The number of fused-ring (bicyclic) bond motifs is 1. The third-order valence-electron chi connectivity index (χ3n) is 5.42. The van der Waals surface area contributed by atoms with Crippen molar-refractivity contribution < 1.29 is 14.3 Å². The molecule has 5 nitrogen and oxygen atoms in total. The number of amides is 2. The molecule has 2 aliphatic rings. The number of carbonyl (C=O) groups excluding carboxylic acids is 2. The molecule has 0 saturated heterocycles. The van der Waals surface area contributed by atoms with Crippen LogP contribution < -0.4 is 9.64 Å². The van der Waals surface area contributed by atoms with E-state index in [4.69, 9.17) is 4.74 Å². The lowest BCUT2D eigenvalue weighted by atomic mass is 9.98. The molecule has 0 radical (unpaired) electrons. The Labute approximate surface area is 171 Å². The van der Waals surface area contributed by atoms with Crippen molar-refractivity contribution in [1.29, 1.82) is 0 Å². The third kappa shape index (κ3) is 3.41. The maximum Gasteiger partial charge on any atom is 0.278 e. The summed E-state index contributed by atoms with van der Waals surface area (Å²) in [7, 11) is 0. The molecule has 150 valence electrons. The van der Waals surface area contributed by atoms with Gasteiger partial charge in [-0.25, -0.2) is 0 Å². The largest absolute Gasteiger partial charge is 0.494 e. The first-order valence-corrected chi connectivity index (χ1v) is 10.3. The highest BCUT2D eigenvalue weighted by Crippen LogP contribution is 2.38. The van der Waals surface area contributed by atoms with Gasteiger partial charge in [0.25, 0.3) is 11.8 Å². The van der Waals surface area contributed by atoms with E-state index in [0.717, 1.165) is 42.8 Å². The van der Waals surface area contributed by atoms with Crippen LogP contribution in [-0.2, 0) is 16.0 Å². The highest BCUT2D eigenvalue weighted by Gasteiger charge is 2.42. The lowest BCUT2D eigenvalue weighted by molar-refractivity contribution is -0.136. The number of imide groups is 1. The first kappa shape index (κ1) is 19.2. The summed E-state index contributed by atoms with van der Waals surface area (Å²) in [6.07, 6.45) is 2.67. The van der Waals surface area contributed by atoms with Crippen LogP contribution in [-0.4, -0.2) is 36.4 Å². The first-order chi connectivity index (χ1) is 14.2. The van der Waals surface area contributed by atoms with Gasteiger partial charge in [0.1, 0.15) is 11.4 Å². The molecule has 0 bridgehead atoms. The Hall–Kier alpha value is -3.08. The molecular weight excluding hydrogens is 364 g/mol. The van der Waals surface area contributed by atoms with E-state index in [-0.39, 0.29) is 11.8 Å². The van der Waals surface area contributed by atoms with Crippen molar-refractivity contribution in [2.45, 2.75) is 33.1 Å². The average molecular weight is 390 g/mol. The van der Waals surface area contributed by atoms with Gasteiger partial charge in [-0.05, 0) is 55.5 Å². The minimum absolute atomic E-state index is 0.197. The Kier molecular flexibility index (Phi) is 5.38. The molecule has 2 aliphatic heterocycles. The SMILES string of the molecule is CCCN1C(=O)C(c2ccc(OCC)cc2)=C(N2CCCc3ccccc32)C1=O. The monoisotopic (exact) mass is 390 g/mol. The maximum absolute atomic E-state index is 13.3. The average Bonchev–Trinajstić information content (AvgIpc) is 2.99. The number of ether oxygens (including phenoxy) is 1. The van der Waals surface area contributed by atoms with E-state index in [9.17, 15) is 9.59 Å². The van der Waals surface area contributed by atoms with E-state index < -0.39 is 0 Å². The van der Waals surface area contributed by atoms with Gasteiger partial charge in [-0.15, -0.1) is 0 Å². The van der Waals surface area contributed by atoms with E-state index in [1.54, 1.807) is 0 Å². The maximum atomic E-state index is 13.3. The second-order valence-corrected chi connectivity index (χ2v) is 7.33. The highest BCUT2D eigenvalue weighted by molar-refractivity contribution is 6.36. The highest BCUT2D eigenvalue weighted by atomic mass is 16.5. The predicted molar refractivity (Wildman–Crippen MR) is 114 cm³/mol. The van der Waals surface area contributed by atoms with Crippen molar-refractivity contribution in [3.63, 3.8) is 0 Å². The molecule has 5 heteroatoms. The molecule has 2 aromatic rings. The van der Waals surface area contributed by atoms with Gasteiger partial charge in [-0.1, -0.05) is 37.3 Å². The summed E-state index contributed by atoms with van der Waals surface area (Å²) in [5, 5.41) is 0. The fourth-order valence-electron chi connectivity index (χ4n) is 4.15. The van der Waals surface area contributed by atoms with E-state index in [1.807, 2.05) is 61.2 Å². The zero-order chi connectivity index (χ0) is 20.4. The topological polar surface area (TPSA) is 49.9 Å². The van der Waals surface area contributed by atoms with Gasteiger partial charge in [0.05, 0.1) is 12.2 Å². The molecule has 0 saturated carbocycles. The Morgan fingerprint density at radius 1 is 0.966 bits per heavy atom. The summed E-state index contributed by atoms with van der Waals surface area (Å²) in [5.41, 5.74) is 3.98. The summed E-state index contributed by atoms with van der Waals surface area (Å²) in [6.45, 7) is 5.65. The van der Waals surface area contributed by atoms with Crippen LogP contribution in [0.15, 0.2) is 54.2 Å². The third-order valence-corrected chi connectivity index (χ3v) is 5.42. The van der Waals surface area contributed by atoms with Crippen molar-refractivity contribution in [1.82, 2.24) is 4.90 Å². The van der Waals surface area contributed by atoms with Crippen LogP contribution in [0.1, 0.15) is 37.8 Å². The molecule has 2 heterocycles. The van der Waals surface area contributed by atoms with Gasteiger partial charge in [-0.3, -0.25) is 14.5 Å². The Balaban J connectivity index is 1.84. The van der Waals surface area contributed by atoms with E-state index >= 15 is 0 Å². The molecule has 0 aromatic heterocycles. The van der Waals surface area contributed by atoms with Crippen LogP contribution in [0.25, 0.3) is 5.57 Å². The summed E-state index contributed by atoms with van der Waals surface area (Å²) in [5.74, 6) is 0.348. The second-order valence-electron chi connectivity index (χ2n) is 7.33. The van der Waals surface area contributed by atoms with Gasteiger partial charge < -0.3 is 9.64 Å². The number of carbonyl (C=O) groups is 2. The fraction of sp³-hybridized carbons (Fsp3) is 0.333. The summed E-state index contributed by atoms with van der Waals surface area (Å²) >= 11 is 0. The lowest BCUT2D eigenvalue weighted by Gasteiger charge is -2.32. The van der Waals surface area contributed by atoms with Crippen molar-refractivity contribution in [2.24, 2.45) is 0 Å². The fourth-order valence-corrected chi connectivity index (χ4v) is 4.15. The first-order valence-electron chi connectivity index (χ1n) is 10.3. The smallest absolute Gasteiger partial charge is 0.278 e. The molecule has 4 rings (SSSR count). The van der Waals surface area contributed by atoms with Crippen LogP contribution in [0.5, 0.6) is 5.75 Å². The van der Waals surface area contributed by atoms with Crippen molar-refractivity contribution in [3.8, 4) is 5.75 Å². The van der Waals surface area contributed by atoms with E-state index in [0.29, 0.717) is 24.4 Å². The van der Waals surface area contributed by atoms with Gasteiger partial charge in [-0.2, -0.15) is 0 Å². The second kappa shape index (κ2) is 8.11. The molecule has 2 amide bonds. The van der Waals surface area contributed by atoms with Crippen LogP contribution >= 0.6 is 0 Å².